The molecular weight excluding hydrogens is 714 g/mol. The highest BCUT2D eigenvalue weighted by Gasteiger charge is 2.20. The number of nitrogens with zero attached hydrogens (tertiary/aromatic N) is 3. The van der Waals surface area contributed by atoms with Crippen LogP contribution in [0.2, 0.25) is 0 Å². The van der Waals surface area contributed by atoms with Crippen LogP contribution in [0.4, 0.5) is 0 Å². The number of benzene rings is 3. The molecule has 3 aromatic carbocycles. The number of carbonyl (C=O) groups is 1. The van der Waals surface area contributed by atoms with Crippen LogP contribution < -0.4 is 15.0 Å². The van der Waals surface area contributed by atoms with Gasteiger partial charge in [-0.2, -0.15) is 9.78 Å². The van der Waals surface area contributed by atoms with Gasteiger partial charge in [0.25, 0.3) is 5.56 Å². The molecule has 0 atom stereocenters. The van der Waals surface area contributed by atoms with E-state index in [1.165, 1.54) is 18.0 Å². The maximum Gasteiger partial charge on any atom is 0.344 e. The van der Waals surface area contributed by atoms with Gasteiger partial charge in [-0.25, -0.2) is 9.78 Å². The second-order valence-electron chi connectivity index (χ2n) is 8.33. The summed E-state index contributed by atoms with van der Waals surface area (Å²) in [7, 11) is 1.48. The Morgan fingerprint density at radius 1 is 1.10 bits per heavy atom. The average Bonchev–Trinajstić information content (AvgIpc) is 3.37. The Hall–Kier alpha value is -3.48. The number of esters is 1. The maximum absolute atomic E-state index is 13.6. The molecule has 0 unspecified atom stereocenters. The number of carbonyl (C=O) groups excluding carboxylic acids is 1. The molecule has 2 heterocycles. The summed E-state index contributed by atoms with van der Waals surface area (Å²) in [5.41, 5.74) is 1.36. The van der Waals surface area contributed by atoms with Crippen LogP contribution in [0.15, 0.2) is 82.3 Å². The van der Waals surface area contributed by atoms with E-state index >= 15 is 0 Å². The van der Waals surface area contributed by atoms with E-state index < -0.39 is 5.97 Å². The molecule has 0 aliphatic rings. The molecule has 2 aromatic heterocycles. The lowest BCUT2D eigenvalue weighted by atomic mass is 10.2. The molecule has 0 amide bonds. The number of fused-ring (bicyclic) bond motifs is 2. The molecule has 5 aromatic rings. The summed E-state index contributed by atoms with van der Waals surface area (Å²) in [5, 5.41) is 5.77. The van der Waals surface area contributed by atoms with Gasteiger partial charge in [-0.15, -0.1) is 0 Å². The van der Waals surface area contributed by atoms with Crippen LogP contribution in [0.3, 0.4) is 0 Å². The van der Waals surface area contributed by atoms with Gasteiger partial charge in [0, 0.05) is 19.9 Å². The summed E-state index contributed by atoms with van der Waals surface area (Å²) in [6.45, 7) is 1.67. The standard InChI is InChI=1S/C28H20Br3N3O6/c1-3-38-23(35)14-39-26-21(37-2)12-16(24(30)25(26)31)13-32-34-27(33-19-7-5-4-6-18(19)28(34)36)22-11-15-10-17(29)8-9-20(15)40-22/h4-13H,3,14H2,1-2H3. The number of furan rings is 1. The van der Waals surface area contributed by atoms with Crippen molar-refractivity contribution in [2.75, 3.05) is 20.3 Å². The number of halogens is 3. The van der Waals surface area contributed by atoms with Crippen LogP contribution in [-0.2, 0) is 9.53 Å². The zero-order valence-electron chi connectivity index (χ0n) is 21.1. The number of hydrogen-bond acceptors (Lipinski definition) is 8. The van der Waals surface area contributed by atoms with Crippen molar-refractivity contribution >= 4 is 81.8 Å². The second-order valence-corrected chi connectivity index (χ2v) is 10.8. The summed E-state index contributed by atoms with van der Waals surface area (Å²) >= 11 is 10.5. The van der Waals surface area contributed by atoms with Crippen LogP contribution in [-0.4, -0.2) is 42.2 Å². The molecule has 0 N–H and O–H groups in total. The van der Waals surface area contributed by atoms with Crippen molar-refractivity contribution in [3.63, 3.8) is 0 Å². The van der Waals surface area contributed by atoms with Crippen molar-refractivity contribution in [3.8, 4) is 23.1 Å². The summed E-state index contributed by atoms with van der Waals surface area (Å²) in [6.07, 6.45) is 1.49. The van der Waals surface area contributed by atoms with Crippen molar-refractivity contribution < 1.29 is 23.4 Å². The topological polar surface area (TPSA) is 105 Å². The molecule has 0 bridgehead atoms. The molecule has 0 saturated heterocycles. The predicted octanol–water partition coefficient (Wildman–Crippen LogP) is 6.93. The first-order chi connectivity index (χ1) is 19.3. The number of methoxy groups -OCH3 is 1. The van der Waals surface area contributed by atoms with Crippen LogP contribution in [0.1, 0.15) is 12.5 Å². The third kappa shape index (κ3) is 5.56. The largest absolute Gasteiger partial charge is 0.493 e. The lowest BCUT2D eigenvalue weighted by Gasteiger charge is -2.15. The molecule has 9 nitrogen and oxygen atoms in total. The quantitative estimate of drug-likeness (QED) is 0.126. The first-order valence-electron chi connectivity index (χ1n) is 11.9. The molecule has 0 fully saturated rings. The molecule has 0 aliphatic heterocycles. The molecule has 0 radical (unpaired) electrons. The predicted molar refractivity (Wildman–Crippen MR) is 162 cm³/mol. The monoisotopic (exact) mass is 731 g/mol. The highest BCUT2D eigenvalue weighted by molar-refractivity contribution is 9.13. The van der Waals surface area contributed by atoms with Gasteiger partial charge in [0.15, 0.2) is 23.9 Å². The summed E-state index contributed by atoms with van der Waals surface area (Å²) < 4.78 is 25.3. The van der Waals surface area contributed by atoms with E-state index in [-0.39, 0.29) is 24.6 Å². The Balaban J connectivity index is 1.61. The first kappa shape index (κ1) is 28.1. The Bertz CT molecular complexity index is 1850. The van der Waals surface area contributed by atoms with E-state index in [1.807, 2.05) is 30.3 Å². The molecule has 0 aliphatic carbocycles. The highest BCUT2D eigenvalue weighted by Crippen LogP contribution is 2.42. The number of para-hydroxylation sites is 1. The normalized spacial score (nSPS) is 11.4. The fraction of sp³-hybridized carbons (Fsp3) is 0.143. The van der Waals surface area contributed by atoms with Crippen molar-refractivity contribution in [2.45, 2.75) is 6.92 Å². The Labute approximate surface area is 253 Å². The summed E-state index contributed by atoms with van der Waals surface area (Å²) in [5.74, 6) is 0.760. The fourth-order valence-corrected chi connectivity index (χ4v) is 5.27. The molecule has 0 saturated carbocycles. The second kappa shape index (κ2) is 11.9. The van der Waals surface area contributed by atoms with Crippen LogP contribution in [0.25, 0.3) is 33.5 Å². The van der Waals surface area contributed by atoms with Gasteiger partial charge in [0.05, 0.1) is 35.3 Å². The van der Waals surface area contributed by atoms with Crippen LogP contribution in [0, 0.1) is 0 Å². The lowest BCUT2D eigenvalue weighted by Crippen LogP contribution is -2.20. The van der Waals surface area contributed by atoms with Gasteiger partial charge in [0.1, 0.15) is 5.58 Å². The van der Waals surface area contributed by atoms with E-state index in [2.05, 4.69) is 52.9 Å². The summed E-state index contributed by atoms with van der Waals surface area (Å²) in [6, 6.07) is 16.1. The molecule has 40 heavy (non-hydrogen) atoms. The zero-order valence-corrected chi connectivity index (χ0v) is 25.9. The van der Waals surface area contributed by atoms with Crippen LogP contribution in [0.5, 0.6) is 11.5 Å². The maximum atomic E-state index is 13.6. The van der Waals surface area contributed by atoms with Gasteiger partial charge in [-0.3, -0.25) is 4.79 Å². The molecular formula is C28H20Br3N3O6. The van der Waals surface area contributed by atoms with Gasteiger partial charge in [-0.1, -0.05) is 28.1 Å². The summed E-state index contributed by atoms with van der Waals surface area (Å²) in [4.78, 5) is 30.1. The van der Waals surface area contributed by atoms with Gasteiger partial charge < -0.3 is 18.6 Å². The fourth-order valence-electron chi connectivity index (χ4n) is 3.95. The number of aromatic nitrogens is 2. The first-order valence-corrected chi connectivity index (χ1v) is 14.3. The third-order valence-electron chi connectivity index (χ3n) is 5.78. The van der Waals surface area contributed by atoms with Crippen molar-refractivity contribution in [1.82, 2.24) is 9.66 Å². The van der Waals surface area contributed by atoms with E-state index in [4.69, 9.17) is 23.6 Å². The molecule has 5 rings (SSSR count). The third-order valence-corrected chi connectivity index (χ3v) is 8.42. The molecule has 0 spiro atoms. The zero-order chi connectivity index (χ0) is 28.4. The number of hydrogen-bond donors (Lipinski definition) is 0. The SMILES string of the molecule is CCOC(=O)COc1c(OC)cc(C=Nn2c(-c3cc4cc(Br)ccc4o3)nc3ccccc3c2=O)c(Br)c1Br. The van der Waals surface area contributed by atoms with E-state index in [0.717, 1.165) is 9.86 Å². The Morgan fingerprint density at radius 2 is 1.90 bits per heavy atom. The minimum Gasteiger partial charge on any atom is -0.493 e. The average molecular weight is 734 g/mol. The minimum atomic E-state index is -0.508. The highest BCUT2D eigenvalue weighted by atomic mass is 79.9. The van der Waals surface area contributed by atoms with Crippen molar-refractivity contribution in [2.24, 2.45) is 5.10 Å². The Kier molecular flexibility index (Phi) is 8.38. The van der Waals surface area contributed by atoms with Gasteiger partial charge in [-0.05, 0) is 81.2 Å². The molecule has 204 valence electrons. The number of ether oxygens (including phenoxy) is 3. The van der Waals surface area contributed by atoms with Crippen molar-refractivity contribution in [3.05, 3.63) is 83.9 Å². The Morgan fingerprint density at radius 3 is 2.67 bits per heavy atom. The van der Waals surface area contributed by atoms with Gasteiger partial charge >= 0.3 is 5.97 Å². The smallest absolute Gasteiger partial charge is 0.344 e. The van der Waals surface area contributed by atoms with E-state index in [9.17, 15) is 9.59 Å². The lowest BCUT2D eigenvalue weighted by molar-refractivity contribution is -0.145. The van der Waals surface area contributed by atoms with E-state index in [1.54, 1.807) is 31.2 Å². The van der Waals surface area contributed by atoms with E-state index in [0.29, 0.717) is 48.3 Å². The van der Waals surface area contributed by atoms with Crippen molar-refractivity contribution in [1.29, 1.82) is 0 Å². The van der Waals surface area contributed by atoms with Gasteiger partial charge in [0.2, 0.25) is 5.82 Å². The molecule has 12 heteroatoms. The number of rotatable bonds is 8. The minimum absolute atomic E-state index is 0.240. The van der Waals surface area contributed by atoms with Crippen LogP contribution >= 0.6 is 47.8 Å².